The molecule has 1 aromatic heterocycles. The molecule has 0 fully saturated rings. The summed E-state index contributed by atoms with van der Waals surface area (Å²) >= 11 is 5.86. The zero-order valence-electron chi connectivity index (χ0n) is 11.4. The third-order valence-corrected chi connectivity index (χ3v) is 3.23. The van der Waals surface area contributed by atoms with E-state index in [1.165, 1.54) is 0 Å². The second-order valence-corrected chi connectivity index (χ2v) is 5.44. The third-order valence-electron chi connectivity index (χ3n) is 2.97. The molecule has 1 N–H and O–H groups in total. The van der Waals surface area contributed by atoms with Crippen molar-refractivity contribution in [2.24, 2.45) is 5.92 Å². The number of benzene rings is 1. The monoisotopic (exact) mass is 293 g/mol. The van der Waals surface area contributed by atoms with Crippen LogP contribution in [0.3, 0.4) is 0 Å². The van der Waals surface area contributed by atoms with E-state index in [2.05, 4.69) is 24.2 Å². The van der Waals surface area contributed by atoms with E-state index in [-0.39, 0.29) is 5.69 Å². The Balaban J connectivity index is 2.44. The van der Waals surface area contributed by atoms with Gasteiger partial charge in [-0.05, 0) is 24.5 Å². The van der Waals surface area contributed by atoms with E-state index in [1.807, 2.05) is 0 Å². The Labute approximate surface area is 122 Å². The summed E-state index contributed by atoms with van der Waals surface area (Å²) in [5.74, 6) is -0.573. The predicted molar refractivity (Wildman–Crippen MR) is 76.9 cm³/mol. The maximum atomic E-state index is 11.3. The number of aromatic carboxylic acids is 1. The number of rotatable bonds is 5. The molecule has 0 saturated heterocycles. The molecule has 20 heavy (non-hydrogen) atoms. The average molecular weight is 294 g/mol. The molecule has 0 bridgehead atoms. The molecule has 1 aromatic carbocycles. The van der Waals surface area contributed by atoms with Gasteiger partial charge in [-0.2, -0.15) is 0 Å². The summed E-state index contributed by atoms with van der Waals surface area (Å²) in [5, 5.41) is 17.6. The van der Waals surface area contributed by atoms with Gasteiger partial charge in [0, 0.05) is 17.1 Å². The molecule has 0 saturated carbocycles. The first-order valence-electron chi connectivity index (χ1n) is 6.41. The highest BCUT2D eigenvalue weighted by Gasteiger charge is 2.20. The molecule has 0 aliphatic heterocycles. The number of hydrogen-bond donors (Lipinski definition) is 1. The molecule has 2 aromatic rings. The minimum atomic E-state index is -1.08. The topological polar surface area (TPSA) is 68.0 Å². The normalized spacial score (nSPS) is 11.0. The van der Waals surface area contributed by atoms with Crippen LogP contribution in [0.1, 0.15) is 30.8 Å². The summed E-state index contributed by atoms with van der Waals surface area (Å²) in [5.41, 5.74) is 1.24. The quantitative estimate of drug-likeness (QED) is 0.918. The van der Waals surface area contributed by atoms with Gasteiger partial charge in [0.2, 0.25) is 0 Å². The van der Waals surface area contributed by atoms with Crippen LogP contribution in [-0.4, -0.2) is 26.1 Å². The Kier molecular flexibility index (Phi) is 4.39. The molecule has 106 valence electrons. The number of carbonyl (C=O) groups is 1. The standard InChI is InChI=1S/C14H16ClN3O2/c1-9(2)7-8-18-13(12(14(19)20)16-17-18)10-3-5-11(15)6-4-10/h3-6,9H,7-8H2,1-2H3,(H,19,20). The summed E-state index contributed by atoms with van der Waals surface area (Å²) in [4.78, 5) is 11.3. The van der Waals surface area contributed by atoms with Crippen molar-refractivity contribution in [3.63, 3.8) is 0 Å². The first-order valence-corrected chi connectivity index (χ1v) is 6.79. The third kappa shape index (κ3) is 3.17. The fourth-order valence-corrected chi connectivity index (χ4v) is 2.01. The first kappa shape index (κ1) is 14.5. The van der Waals surface area contributed by atoms with E-state index in [0.717, 1.165) is 12.0 Å². The van der Waals surface area contributed by atoms with Gasteiger partial charge in [0.1, 0.15) is 5.69 Å². The molecular weight excluding hydrogens is 278 g/mol. The number of carboxylic acid groups (broad SMARTS) is 1. The predicted octanol–water partition coefficient (Wildman–Crippen LogP) is 3.34. The van der Waals surface area contributed by atoms with Crippen molar-refractivity contribution in [1.82, 2.24) is 15.0 Å². The van der Waals surface area contributed by atoms with Crippen LogP contribution in [0.2, 0.25) is 5.02 Å². The number of nitrogens with zero attached hydrogens (tertiary/aromatic N) is 3. The number of aromatic nitrogens is 3. The molecular formula is C14H16ClN3O2. The number of carboxylic acids is 1. The maximum Gasteiger partial charge on any atom is 0.358 e. The van der Waals surface area contributed by atoms with E-state index < -0.39 is 5.97 Å². The van der Waals surface area contributed by atoms with Gasteiger partial charge in [-0.15, -0.1) is 5.10 Å². The molecule has 2 rings (SSSR count). The maximum absolute atomic E-state index is 11.3. The van der Waals surface area contributed by atoms with Crippen molar-refractivity contribution in [3.8, 4) is 11.3 Å². The Hall–Kier alpha value is -1.88. The molecule has 1 heterocycles. The molecule has 0 amide bonds. The molecule has 0 spiro atoms. The molecule has 0 radical (unpaired) electrons. The van der Waals surface area contributed by atoms with Gasteiger partial charge >= 0.3 is 5.97 Å². The summed E-state index contributed by atoms with van der Waals surface area (Å²) < 4.78 is 1.65. The van der Waals surface area contributed by atoms with Crippen LogP contribution in [0.15, 0.2) is 24.3 Å². The Bertz CT molecular complexity index is 605. The largest absolute Gasteiger partial charge is 0.476 e. The molecule has 0 aliphatic carbocycles. The summed E-state index contributed by atoms with van der Waals surface area (Å²) in [6.07, 6.45) is 0.906. The lowest BCUT2D eigenvalue weighted by Gasteiger charge is -2.09. The Morgan fingerprint density at radius 3 is 2.55 bits per heavy atom. The van der Waals surface area contributed by atoms with Crippen molar-refractivity contribution in [2.45, 2.75) is 26.8 Å². The van der Waals surface area contributed by atoms with Crippen molar-refractivity contribution in [2.75, 3.05) is 0 Å². The fraction of sp³-hybridized carbons (Fsp3) is 0.357. The average Bonchev–Trinajstić information content (AvgIpc) is 2.81. The lowest BCUT2D eigenvalue weighted by Crippen LogP contribution is -2.07. The van der Waals surface area contributed by atoms with Gasteiger partial charge in [-0.1, -0.05) is 42.8 Å². The summed E-state index contributed by atoms with van der Waals surface area (Å²) in [7, 11) is 0. The molecule has 0 unspecified atom stereocenters. The summed E-state index contributed by atoms with van der Waals surface area (Å²) in [6.45, 7) is 4.85. The van der Waals surface area contributed by atoms with E-state index in [9.17, 15) is 9.90 Å². The van der Waals surface area contributed by atoms with Gasteiger partial charge in [0.25, 0.3) is 0 Å². The number of halogens is 1. The number of aryl methyl sites for hydroxylation is 1. The van der Waals surface area contributed by atoms with Gasteiger partial charge in [0.05, 0.1) is 0 Å². The minimum Gasteiger partial charge on any atom is -0.476 e. The van der Waals surface area contributed by atoms with Gasteiger partial charge in [-0.3, -0.25) is 0 Å². The Morgan fingerprint density at radius 1 is 1.35 bits per heavy atom. The fourth-order valence-electron chi connectivity index (χ4n) is 1.89. The Morgan fingerprint density at radius 2 is 2.00 bits per heavy atom. The van der Waals surface area contributed by atoms with Crippen LogP contribution in [0.5, 0.6) is 0 Å². The van der Waals surface area contributed by atoms with Crippen LogP contribution < -0.4 is 0 Å². The lowest BCUT2D eigenvalue weighted by molar-refractivity contribution is 0.0691. The molecule has 5 nitrogen and oxygen atoms in total. The zero-order chi connectivity index (χ0) is 14.7. The van der Waals surface area contributed by atoms with Crippen molar-refractivity contribution in [1.29, 1.82) is 0 Å². The van der Waals surface area contributed by atoms with Crippen molar-refractivity contribution >= 4 is 17.6 Å². The smallest absolute Gasteiger partial charge is 0.358 e. The van der Waals surface area contributed by atoms with Crippen LogP contribution in [0.25, 0.3) is 11.3 Å². The van der Waals surface area contributed by atoms with Crippen LogP contribution >= 0.6 is 11.6 Å². The van der Waals surface area contributed by atoms with Gasteiger partial charge < -0.3 is 5.11 Å². The van der Waals surface area contributed by atoms with Crippen LogP contribution in [-0.2, 0) is 6.54 Å². The summed E-state index contributed by atoms with van der Waals surface area (Å²) in [6, 6.07) is 7.00. The molecule has 0 atom stereocenters. The second-order valence-electron chi connectivity index (χ2n) is 5.00. The van der Waals surface area contributed by atoms with Gasteiger partial charge in [0.15, 0.2) is 5.69 Å². The van der Waals surface area contributed by atoms with E-state index in [4.69, 9.17) is 11.6 Å². The van der Waals surface area contributed by atoms with Crippen LogP contribution in [0.4, 0.5) is 0 Å². The van der Waals surface area contributed by atoms with Crippen molar-refractivity contribution in [3.05, 3.63) is 35.0 Å². The SMILES string of the molecule is CC(C)CCn1nnc(C(=O)O)c1-c1ccc(Cl)cc1. The van der Waals surface area contributed by atoms with E-state index in [0.29, 0.717) is 23.2 Å². The number of hydrogen-bond acceptors (Lipinski definition) is 3. The second kappa shape index (κ2) is 6.05. The lowest BCUT2D eigenvalue weighted by atomic mass is 10.1. The highest BCUT2D eigenvalue weighted by molar-refractivity contribution is 6.30. The molecule has 6 heteroatoms. The first-order chi connectivity index (χ1) is 9.49. The molecule has 0 aliphatic rings. The van der Waals surface area contributed by atoms with Crippen LogP contribution in [0, 0.1) is 5.92 Å². The zero-order valence-corrected chi connectivity index (χ0v) is 12.1. The van der Waals surface area contributed by atoms with E-state index in [1.54, 1.807) is 28.9 Å². The van der Waals surface area contributed by atoms with Crippen molar-refractivity contribution < 1.29 is 9.90 Å². The van der Waals surface area contributed by atoms with Gasteiger partial charge in [-0.25, -0.2) is 9.48 Å². The highest BCUT2D eigenvalue weighted by atomic mass is 35.5. The minimum absolute atomic E-state index is 0.0314. The van der Waals surface area contributed by atoms with E-state index >= 15 is 0 Å². The highest BCUT2D eigenvalue weighted by Crippen LogP contribution is 2.24.